The van der Waals surface area contributed by atoms with Crippen LogP contribution in [0, 0.1) is 5.92 Å². The van der Waals surface area contributed by atoms with E-state index in [-0.39, 0.29) is 0 Å². The van der Waals surface area contributed by atoms with Gasteiger partial charge in [-0.05, 0) is 59.7 Å². The second kappa shape index (κ2) is 4.75. The maximum Gasteiger partial charge on any atom is 0.0413 e. The van der Waals surface area contributed by atoms with E-state index in [9.17, 15) is 0 Å². The van der Waals surface area contributed by atoms with Gasteiger partial charge < -0.3 is 0 Å². The number of pyridine rings is 1. The summed E-state index contributed by atoms with van der Waals surface area (Å²) in [5.74, 6) is 0.936. The Morgan fingerprint density at radius 3 is 2.79 bits per heavy atom. The van der Waals surface area contributed by atoms with Crippen LogP contribution in [0.5, 0.6) is 0 Å². The van der Waals surface area contributed by atoms with Gasteiger partial charge in [-0.2, -0.15) is 0 Å². The van der Waals surface area contributed by atoms with E-state index in [1.54, 1.807) is 0 Å². The zero-order valence-electron chi connectivity index (χ0n) is 7.92. The first kappa shape index (κ1) is 10.6. The molecule has 0 N–H and O–H groups in total. The van der Waals surface area contributed by atoms with Gasteiger partial charge in [0.05, 0.1) is 0 Å². The topological polar surface area (TPSA) is 12.9 Å². The number of aryl methyl sites for hydroxylation is 1. The van der Waals surface area contributed by atoms with Gasteiger partial charge >= 0.3 is 0 Å². The Balaban J connectivity index is 1.82. The van der Waals surface area contributed by atoms with Crippen LogP contribution in [-0.4, -0.2) is 9.81 Å². The molecule has 0 saturated heterocycles. The van der Waals surface area contributed by atoms with E-state index in [1.807, 2.05) is 6.20 Å². The lowest BCUT2D eigenvalue weighted by Crippen LogP contribution is -2.03. The number of hydrogen-bond acceptors (Lipinski definition) is 1. The highest BCUT2D eigenvalue weighted by Gasteiger charge is 2.28. The predicted octanol–water partition coefficient (Wildman–Crippen LogP) is 3.95. The molecule has 1 aliphatic carbocycles. The zero-order valence-corrected chi connectivity index (χ0v) is 11.1. The molecule has 1 aromatic rings. The molecule has 0 spiro atoms. The summed E-state index contributed by atoms with van der Waals surface area (Å²) in [5.41, 5.74) is 1.19. The summed E-state index contributed by atoms with van der Waals surface area (Å²) in [4.78, 5) is 5.06. The standard InChI is InChI=1S/C11H13Br2N/c12-9-3-4-10(14-7-9)5-6-11(13)8-1-2-8/h3-4,7-8,11H,1-2,5-6H2. The van der Waals surface area contributed by atoms with Crippen molar-refractivity contribution in [2.75, 3.05) is 0 Å². The SMILES string of the molecule is Brc1ccc(CCC(Br)C2CC2)nc1. The molecular formula is C11H13Br2N. The minimum Gasteiger partial charge on any atom is -0.260 e. The van der Waals surface area contributed by atoms with Crippen LogP contribution in [0.2, 0.25) is 0 Å². The number of alkyl halides is 1. The van der Waals surface area contributed by atoms with Crippen molar-refractivity contribution in [3.8, 4) is 0 Å². The van der Waals surface area contributed by atoms with E-state index in [4.69, 9.17) is 0 Å². The van der Waals surface area contributed by atoms with Crippen molar-refractivity contribution < 1.29 is 0 Å². The van der Waals surface area contributed by atoms with Crippen molar-refractivity contribution in [2.45, 2.75) is 30.5 Å². The Morgan fingerprint density at radius 1 is 1.43 bits per heavy atom. The van der Waals surface area contributed by atoms with Crippen molar-refractivity contribution in [3.63, 3.8) is 0 Å². The molecule has 1 aromatic heterocycles. The first-order valence-corrected chi connectivity index (χ1v) is 6.71. The third-order valence-electron chi connectivity index (χ3n) is 2.60. The van der Waals surface area contributed by atoms with Crippen LogP contribution in [0.3, 0.4) is 0 Å². The van der Waals surface area contributed by atoms with Crippen LogP contribution in [0.1, 0.15) is 25.0 Å². The molecular weight excluding hydrogens is 306 g/mol. The highest BCUT2D eigenvalue weighted by atomic mass is 79.9. The van der Waals surface area contributed by atoms with Crippen molar-refractivity contribution >= 4 is 31.9 Å². The van der Waals surface area contributed by atoms with Crippen molar-refractivity contribution in [1.29, 1.82) is 0 Å². The fraction of sp³-hybridized carbons (Fsp3) is 0.545. The number of rotatable bonds is 4. The lowest BCUT2D eigenvalue weighted by Gasteiger charge is -2.06. The van der Waals surface area contributed by atoms with Gasteiger partial charge in [-0.25, -0.2) is 0 Å². The van der Waals surface area contributed by atoms with Crippen LogP contribution in [0.4, 0.5) is 0 Å². The number of halogens is 2. The summed E-state index contributed by atoms with van der Waals surface area (Å²) in [6, 6.07) is 4.15. The molecule has 0 bridgehead atoms. The molecule has 1 aliphatic rings. The highest BCUT2D eigenvalue weighted by molar-refractivity contribution is 9.10. The monoisotopic (exact) mass is 317 g/mol. The molecule has 1 saturated carbocycles. The first-order chi connectivity index (χ1) is 6.75. The summed E-state index contributed by atoms with van der Waals surface area (Å²) < 4.78 is 1.05. The van der Waals surface area contributed by atoms with Gasteiger partial charge in [0.25, 0.3) is 0 Å². The smallest absolute Gasteiger partial charge is 0.0413 e. The van der Waals surface area contributed by atoms with Gasteiger partial charge in [0.2, 0.25) is 0 Å². The summed E-state index contributed by atoms with van der Waals surface area (Å²) in [5, 5.41) is 0. The summed E-state index contributed by atoms with van der Waals surface area (Å²) in [6.07, 6.45) is 6.97. The number of nitrogens with zero attached hydrogens (tertiary/aromatic N) is 1. The quantitative estimate of drug-likeness (QED) is 0.766. The van der Waals surface area contributed by atoms with Crippen molar-refractivity contribution in [3.05, 3.63) is 28.5 Å². The Labute approximate surface area is 102 Å². The van der Waals surface area contributed by atoms with Crippen LogP contribution >= 0.6 is 31.9 Å². The van der Waals surface area contributed by atoms with Gasteiger partial charge in [0, 0.05) is 21.2 Å². The first-order valence-electron chi connectivity index (χ1n) is 5.00. The Bertz CT molecular complexity index is 293. The lowest BCUT2D eigenvalue weighted by atomic mass is 10.1. The van der Waals surface area contributed by atoms with Gasteiger partial charge in [0.15, 0.2) is 0 Å². The molecule has 14 heavy (non-hydrogen) atoms. The molecule has 0 aliphatic heterocycles. The average molecular weight is 319 g/mol. The van der Waals surface area contributed by atoms with E-state index in [0.29, 0.717) is 4.83 Å². The maximum atomic E-state index is 4.36. The fourth-order valence-corrected chi connectivity index (χ4v) is 2.53. The molecule has 1 nitrogen and oxygen atoms in total. The molecule has 1 atom stereocenters. The van der Waals surface area contributed by atoms with E-state index in [2.05, 4.69) is 49.0 Å². The van der Waals surface area contributed by atoms with Gasteiger partial charge in [-0.1, -0.05) is 15.9 Å². The third kappa shape index (κ3) is 3.06. The maximum absolute atomic E-state index is 4.36. The molecule has 1 fully saturated rings. The lowest BCUT2D eigenvalue weighted by molar-refractivity contribution is 0.688. The normalized spacial score (nSPS) is 18.1. The van der Waals surface area contributed by atoms with Gasteiger partial charge in [-0.15, -0.1) is 0 Å². The molecule has 3 heteroatoms. The van der Waals surface area contributed by atoms with Crippen molar-refractivity contribution in [2.24, 2.45) is 5.92 Å². The molecule has 0 radical (unpaired) electrons. The van der Waals surface area contributed by atoms with Crippen LogP contribution in [0.25, 0.3) is 0 Å². The second-order valence-corrected chi connectivity index (χ2v) is 5.95. The number of aromatic nitrogens is 1. The minimum absolute atomic E-state index is 0.702. The third-order valence-corrected chi connectivity index (χ3v) is 4.27. The van der Waals surface area contributed by atoms with Crippen LogP contribution in [0.15, 0.2) is 22.8 Å². The Morgan fingerprint density at radius 2 is 2.21 bits per heavy atom. The van der Waals surface area contributed by atoms with E-state index in [1.165, 1.54) is 25.0 Å². The second-order valence-electron chi connectivity index (χ2n) is 3.86. The van der Waals surface area contributed by atoms with E-state index in [0.717, 1.165) is 16.8 Å². The molecule has 1 unspecified atom stereocenters. The Kier molecular flexibility index (Phi) is 3.61. The average Bonchev–Trinajstić information content (AvgIpc) is 3.00. The van der Waals surface area contributed by atoms with E-state index >= 15 is 0 Å². The number of hydrogen-bond donors (Lipinski definition) is 0. The molecule has 76 valence electrons. The van der Waals surface area contributed by atoms with Crippen LogP contribution < -0.4 is 0 Å². The molecule has 0 amide bonds. The minimum atomic E-state index is 0.702. The largest absolute Gasteiger partial charge is 0.260 e. The van der Waals surface area contributed by atoms with E-state index < -0.39 is 0 Å². The zero-order chi connectivity index (χ0) is 9.97. The van der Waals surface area contributed by atoms with Gasteiger partial charge in [-0.3, -0.25) is 4.98 Å². The molecule has 2 rings (SSSR count). The predicted molar refractivity (Wildman–Crippen MR) is 65.7 cm³/mol. The summed E-state index contributed by atoms with van der Waals surface area (Å²) in [7, 11) is 0. The molecule has 0 aromatic carbocycles. The highest BCUT2D eigenvalue weighted by Crippen LogP contribution is 2.38. The van der Waals surface area contributed by atoms with Gasteiger partial charge in [0.1, 0.15) is 0 Å². The van der Waals surface area contributed by atoms with Crippen molar-refractivity contribution in [1.82, 2.24) is 4.98 Å². The van der Waals surface area contributed by atoms with Crippen LogP contribution in [-0.2, 0) is 6.42 Å². The fourth-order valence-electron chi connectivity index (χ4n) is 1.53. The molecule has 1 heterocycles. The summed E-state index contributed by atoms with van der Waals surface area (Å²) in [6.45, 7) is 0. The Hall–Kier alpha value is 0.110. The summed E-state index contributed by atoms with van der Waals surface area (Å²) >= 11 is 7.13.